The number of pyridine rings is 1. The van der Waals surface area contributed by atoms with Crippen LogP contribution in [0.2, 0.25) is 0 Å². The van der Waals surface area contributed by atoms with Gasteiger partial charge in [-0.15, -0.1) is 0 Å². The predicted molar refractivity (Wildman–Crippen MR) is 106 cm³/mol. The highest BCUT2D eigenvalue weighted by Gasteiger charge is 2.29. The van der Waals surface area contributed by atoms with Gasteiger partial charge in [0.1, 0.15) is 0 Å². The first kappa shape index (κ1) is 19.1. The molecule has 1 aromatic heterocycles. The highest BCUT2D eigenvalue weighted by Crippen LogP contribution is 2.30. The summed E-state index contributed by atoms with van der Waals surface area (Å²) in [6.45, 7) is 4.55. The number of nitrogens with zero attached hydrogens (tertiary/aromatic N) is 1. The summed E-state index contributed by atoms with van der Waals surface area (Å²) in [6.07, 6.45) is 4.72. The Morgan fingerprint density at radius 3 is 2.30 bits per heavy atom. The summed E-state index contributed by atoms with van der Waals surface area (Å²) in [7, 11) is 0. The number of carbonyl (C=O) groups is 2. The van der Waals surface area contributed by atoms with E-state index in [1.807, 2.05) is 43.3 Å². The van der Waals surface area contributed by atoms with Gasteiger partial charge in [-0.3, -0.25) is 14.6 Å². The Kier molecular flexibility index (Phi) is 6.22. The van der Waals surface area contributed by atoms with Crippen LogP contribution in [0.4, 0.5) is 5.69 Å². The number of amides is 2. The summed E-state index contributed by atoms with van der Waals surface area (Å²) >= 11 is 0. The Balaban J connectivity index is 1.45. The minimum Gasteiger partial charge on any atom is -0.350 e. The van der Waals surface area contributed by atoms with Gasteiger partial charge < -0.3 is 10.6 Å². The van der Waals surface area contributed by atoms with Crippen molar-refractivity contribution in [1.82, 2.24) is 10.3 Å². The van der Waals surface area contributed by atoms with Crippen LogP contribution in [0, 0.1) is 25.7 Å². The van der Waals surface area contributed by atoms with Crippen LogP contribution in [0.15, 0.2) is 42.6 Å². The second-order valence-corrected chi connectivity index (χ2v) is 7.38. The first-order valence-electron chi connectivity index (χ1n) is 9.58. The van der Waals surface area contributed by atoms with E-state index in [9.17, 15) is 9.59 Å². The van der Waals surface area contributed by atoms with Crippen molar-refractivity contribution in [2.75, 3.05) is 5.32 Å². The lowest BCUT2D eigenvalue weighted by atomic mass is 9.81. The smallest absolute Gasteiger partial charge is 0.227 e. The fourth-order valence-corrected chi connectivity index (χ4v) is 3.51. The Bertz CT molecular complexity index is 796. The number of aromatic nitrogens is 1. The zero-order chi connectivity index (χ0) is 19.2. The molecular weight excluding hydrogens is 338 g/mol. The Hall–Kier alpha value is -2.69. The van der Waals surface area contributed by atoms with E-state index in [0.29, 0.717) is 6.54 Å². The van der Waals surface area contributed by atoms with Crippen molar-refractivity contribution in [2.24, 2.45) is 11.8 Å². The first-order chi connectivity index (χ1) is 13.0. The summed E-state index contributed by atoms with van der Waals surface area (Å²) in [5.41, 5.74) is 4.08. The number of aryl methyl sites for hydroxylation is 2. The molecule has 0 saturated heterocycles. The van der Waals surface area contributed by atoms with Crippen molar-refractivity contribution < 1.29 is 9.59 Å². The highest BCUT2D eigenvalue weighted by molar-refractivity contribution is 5.93. The molecule has 27 heavy (non-hydrogen) atoms. The molecule has 5 nitrogen and oxygen atoms in total. The maximum atomic E-state index is 12.5. The molecule has 1 fully saturated rings. The standard InChI is InChI=1S/C22H27N3O2/c1-15-6-11-19(13-16(15)2)25-22(27)18-9-7-17(8-10-18)21(26)24-14-20-5-3-4-12-23-20/h3-6,11-13,17-18H,7-10,14H2,1-2H3,(H,24,26)(H,25,27). The van der Waals surface area contributed by atoms with Crippen molar-refractivity contribution in [3.05, 3.63) is 59.4 Å². The average molecular weight is 365 g/mol. The number of hydrogen-bond donors (Lipinski definition) is 2. The summed E-state index contributed by atoms with van der Waals surface area (Å²) in [4.78, 5) is 29.1. The van der Waals surface area contributed by atoms with Crippen molar-refractivity contribution >= 4 is 17.5 Å². The Morgan fingerprint density at radius 2 is 1.67 bits per heavy atom. The van der Waals surface area contributed by atoms with E-state index in [1.54, 1.807) is 6.20 Å². The summed E-state index contributed by atoms with van der Waals surface area (Å²) in [6, 6.07) is 11.6. The summed E-state index contributed by atoms with van der Waals surface area (Å²) in [5, 5.41) is 5.98. The van der Waals surface area contributed by atoms with Gasteiger partial charge in [-0.25, -0.2) is 0 Å². The van der Waals surface area contributed by atoms with Crippen LogP contribution in [0.1, 0.15) is 42.5 Å². The molecule has 1 aliphatic carbocycles. The van der Waals surface area contributed by atoms with Gasteiger partial charge in [0.15, 0.2) is 0 Å². The fraction of sp³-hybridized carbons (Fsp3) is 0.409. The van der Waals surface area contributed by atoms with Gasteiger partial charge in [0, 0.05) is 23.7 Å². The molecule has 3 rings (SSSR count). The van der Waals surface area contributed by atoms with Gasteiger partial charge in [0.05, 0.1) is 12.2 Å². The molecule has 0 bridgehead atoms. The molecule has 1 heterocycles. The molecule has 0 atom stereocenters. The molecule has 2 N–H and O–H groups in total. The van der Waals surface area contributed by atoms with Crippen LogP contribution in [0.5, 0.6) is 0 Å². The molecular formula is C22H27N3O2. The maximum Gasteiger partial charge on any atom is 0.227 e. The molecule has 2 amide bonds. The molecule has 0 aliphatic heterocycles. The van der Waals surface area contributed by atoms with Crippen LogP contribution < -0.4 is 10.6 Å². The van der Waals surface area contributed by atoms with E-state index in [-0.39, 0.29) is 23.7 Å². The number of benzene rings is 1. The Labute approximate surface area is 160 Å². The molecule has 1 saturated carbocycles. The molecule has 1 aliphatic rings. The largest absolute Gasteiger partial charge is 0.350 e. The first-order valence-corrected chi connectivity index (χ1v) is 9.58. The van der Waals surface area contributed by atoms with Gasteiger partial charge in [0.2, 0.25) is 11.8 Å². The molecule has 2 aromatic rings. The van der Waals surface area contributed by atoms with E-state index in [2.05, 4.69) is 22.5 Å². The minimum absolute atomic E-state index is 0.0145. The van der Waals surface area contributed by atoms with Gasteiger partial charge in [-0.1, -0.05) is 12.1 Å². The maximum absolute atomic E-state index is 12.5. The van der Waals surface area contributed by atoms with Gasteiger partial charge in [-0.2, -0.15) is 0 Å². The zero-order valence-corrected chi connectivity index (χ0v) is 16.0. The van der Waals surface area contributed by atoms with E-state index >= 15 is 0 Å². The van der Waals surface area contributed by atoms with E-state index in [4.69, 9.17) is 0 Å². The third-order valence-electron chi connectivity index (χ3n) is 5.41. The predicted octanol–water partition coefficient (Wildman–Crippen LogP) is 3.76. The molecule has 0 radical (unpaired) electrons. The number of anilines is 1. The van der Waals surface area contributed by atoms with Crippen LogP contribution in [0.25, 0.3) is 0 Å². The molecule has 5 heteroatoms. The van der Waals surface area contributed by atoms with Crippen LogP contribution >= 0.6 is 0 Å². The van der Waals surface area contributed by atoms with Crippen LogP contribution in [-0.4, -0.2) is 16.8 Å². The molecule has 142 valence electrons. The average Bonchev–Trinajstić information content (AvgIpc) is 2.70. The number of nitrogens with one attached hydrogen (secondary N) is 2. The molecule has 1 aromatic carbocycles. The monoisotopic (exact) mass is 365 g/mol. The lowest BCUT2D eigenvalue weighted by Crippen LogP contribution is -2.35. The number of hydrogen-bond acceptors (Lipinski definition) is 3. The minimum atomic E-state index is -0.0218. The van der Waals surface area contributed by atoms with E-state index in [0.717, 1.165) is 37.1 Å². The van der Waals surface area contributed by atoms with Crippen LogP contribution in [-0.2, 0) is 16.1 Å². The van der Waals surface area contributed by atoms with Gasteiger partial charge >= 0.3 is 0 Å². The number of rotatable bonds is 5. The SMILES string of the molecule is Cc1ccc(NC(=O)C2CCC(C(=O)NCc3ccccn3)CC2)cc1C. The third-order valence-corrected chi connectivity index (χ3v) is 5.41. The number of carbonyl (C=O) groups excluding carboxylic acids is 2. The Morgan fingerprint density at radius 1 is 0.963 bits per heavy atom. The summed E-state index contributed by atoms with van der Waals surface area (Å²) < 4.78 is 0. The van der Waals surface area contributed by atoms with Crippen LogP contribution in [0.3, 0.4) is 0 Å². The normalized spacial score (nSPS) is 19.3. The lowest BCUT2D eigenvalue weighted by Gasteiger charge is -2.27. The van der Waals surface area contributed by atoms with Crippen molar-refractivity contribution in [1.29, 1.82) is 0 Å². The van der Waals surface area contributed by atoms with E-state index < -0.39 is 0 Å². The highest BCUT2D eigenvalue weighted by atomic mass is 16.2. The van der Waals surface area contributed by atoms with Crippen molar-refractivity contribution in [3.63, 3.8) is 0 Å². The van der Waals surface area contributed by atoms with Gasteiger partial charge in [-0.05, 0) is 74.9 Å². The second kappa shape index (κ2) is 8.80. The van der Waals surface area contributed by atoms with Crippen molar-refractivity contribution in [2.45, 2.75) is 46.1 Å². The third kappa shape index (κ3) is 5.16. The quantitative estimate of drug-likeness (QED) is 0.847. The van der Waals surface area contributed by atoms with Gasteiger partial charge in [0.25, 0.3) is 0 Å². The lowest BCUT2D eigenvalue weighted by molar-refractivity contribution is -0.128. The van der Waals surface area contributed by atoms with E-state index in [1.165, 1.54) is 11.1 Å². The molecule has 0 spiro atoms. The second-order valence-electron chi connectivity index (χ2n) is 7.38. The summed E-state index contributed by atoms with van der Waals surface area (Å²) in [5.74, 6) is 0.0881. The fourth-order valence-electron chi connectivity index (χ4n) is 3.51. The topological polar surface area (TPSA) is 71.1 Å². The zero-order valence-electron chi connectivity index (χ0n) is 16.0. The van der Waals surface area contributed by atoms with Crippen molar-refractivity contribution in [3.8, 4) is 0 Å². The molecule has 0 unspecified atom stereocenters.